The Hall–Kier alpha value is -4.14. The van der Waals surface area contributed by atoms with Crippen LogP contribution in [0.1, 0.15) is 30.4 Å². The number of hydrogen-bond donors (Lipinski definition) is 4. The summed E-state index contributed by atoms with van der Waals surface area (Å²) in [5.74, 6) is -1.54. The van der Waals surface area contributed by atoms with E-state index in [0.29, 0.717) is 12.8 Å². The number of piperazine rings is 1. The maximum atomic E-state index is 12.6. The van der Waals surface area contributed by atoms with Gasteiger partial charge < -0.3 is 25.7 Å². The van der Waals surface area contributed by atoms with Crippen LogP contribution in [0.25, 0.3) is 10.9 Å². The van der Waals surface area contributed by atoms with Gasteiger partial charge in [-0.3, -0.25) is 14.4 Å². The topological polar surface area (TPSA) is 129 Å². The minimum Gasteiger partial charge on any atom is -0.467 e. The molecule has 2 aromatic carbocycles. The third-order valence-corrected chi connectivity index (χ3v) is 6.41. The van der Waals surface area contributed by atoms with Gasteiger partial charge in [-0.15, -0.1) is 0 Å². The zero-order chi connectivity index (χ0) is 25.5. The molecule has 36 heavy (non-hydrogen) atoms. The number of rotatable bonds is 10. The van der Waals surface area contributed by atoms with Gasteiger partial charge in [-0.25, -0.2) is 4.79 Å². The number of esters is 1. The van der Waals surface area contributed by atoms with Crippen LogP contribution in [0.2, 0.25) is 0 Å². The Morgan fingerprint density at radius 2 is 1.61 bits per heavy atom. The van der Waals surface area contributed by atoms with Crippen LogP contribution in [0.5, 0.6) is 0 Å². The molecule has 2 heterocycles. The van der Waals surface area contributed by atoms with Crippen LogP contribution in [0.15, 0.2) is 60.8 Å². The number of carbonyl (C=O) groups is 4. The molecule has 1 aliphatic heterocycles. The Kier molecular flexibility index (Phi) is 7.99. The number of aryl methyl sites for hydroxylation is 1. The average molecular weight is 491 g/mol. The molecular formula is C27H30N4O5. The van der Waals surface area contributed by atoms with Gasteiger partial charge in [0, 0.05) is 29.9 Å². The molecule has 3 aromatic rings. The molecule has 1 aliphatic rings. The first kappa shape index (κ1) is 25.0. The number of para-hydroxylation sites is 1. The number of nitrogens with one attached hydrogen (secondary N) is 4. The zero-order valence-electron chi connectivity index (χ0n) is 20.1. The molecule has 0 unspecified atom stereocenters. The van der Waals surface area contributed by atoms with Gasteiger partial charge in [0.1, 0.15) is 18.1 Å². The minimum atomic E-state index is -0.876. The van der Waals surface area contributed by atoms with Crippen molar-refractivity contribution < 1.29 is 23.9 Å². The van der Waals surface area contributed by atoms with E-state index in [1.807, 2.05) is 60.8 Å². The van der Waals surface area contributed by atoms with E-state index in [-0.39, 0.29) is 31.1 Å². The number of aromatic nitrogens is 1. The lowest BCUT2D eigenvalue weighted by Gasteiger charge is -2.29. The summed E-state index contributed by atoms with van der Waals surface area (Å²) in [4.78, 5) is 53.2. The molecule has 9 heteroatoms. The lowest BCUT2D eigenvalue weighted by molar-refractivity contribution is -0.145. The monoisotopic (exact) mass is 490 g/mol. The van der Waals surface area contributed by atoms with Crippen LogP contribution in [-0.2, 0) is 36.8 Å². The lowest BCUT2D eigenvalue weighted by atomic mass is 10.00. The van der Waals surface area contributed by atoms with Crippen molar-refractivity contribution in [2.24, 2.45) is 0 Å². The van der Waals surface area contributed by atoms with E-state index in [2.05, 4.69) is 20.9 Å². The summed E-state index contributed by atoms with van der Waals surface area (Å²) in [5.41, 5.74) is 2.90. The van der Waals surface area contributed by atoms with Crippen LogP contribution < -0.4 is 16.0 Å². The third kappa shape index (κ3) is 6.10. The third-order valence-electron chi connectivity index (χ3n) is 6.41. The number of ether oxygens (including phenoxy) is 1. The minimum absolute atomic E-state index is 0.0333. The molecule has 0 aliphatic carbocycles. The number of aromatic amines is 1. The van der Waals surface area contributed by atoms with Gasteiger partial charge in [-0.2, -0.15) is 0 Å². The van der Waals surface area contributed by atoms with Gasteiger partial charge in [0.05, 0.1) is 7.11 Å². The maximum absolute atomic E-state index is 12.6. The normalized spacial score (nSPS) is 18.2. The highest BCUT2D eigenvalue weighted by molar-refractivity contribution is 5.97. The largest absolute Gasteiger partial charge is 0.467 e. The van der Waals surface area contributed by atoms with Crippen LogP contribution in [0.3, 0.4) is 0 Å². The van der Waals surface area contributed by atoms with E-state index < -0.39 is 30.0 Å². The molecular weight excluding hydrogens is 460 g/mol. The first-order valence-corrected chi connectivity index (χ1v) is 12.0. The van der Waals surface area contributed by atoms with Crippen LogP contribution in [0, 0.1) is 0 Å². The number of carbonyl (C=O) groups excluding carboxylic acids is 4. The standard InChI is InChI=1S/C27H30N4O5/c1-36-27(35)23(15-18-16-28-20-10-6-5-9-19(18)20)29-24(32)14-13-22-26(34)30-21(25(33)31-22)12-11-17-7-3-2-4-8-17/h2-10,16,21-23,28H,11-15H2,1H3,(H,29,32)(H,30,34)(H,31,33)/t21-,22-,23-/m1/s1. The molecule has 4 N–H and O–H groups in total. The summed E-state index contributed by atoms with van der Waals surface area (Å²) in [6.45, 7) is 0. The van der Waals surface area contributed by atoms with E-state index in [1.165, 1.54) is 7.11 Å². The van der Waals surface area contributed by atoms with Gasteiger partial charge in [0.15, 0.2) is 0 Å². The second-order valence-corrected chi connectivity index (χ2v) is 8.89. The molecule has 4 rings (SSSR count). The van der Waals surface area contributed by atoms with E-state index in [0.717, 1.165) is 22.0 Å². The number of methoxy groups -OCH3 is 1. The van der Waals surface area contributed by atoms with Crippen molar-refractivity contribution in [3.8, 4) is 0 Å². The molecule has 1 aromatic heterocycles. The summed E-state index contributed by atoms with van der Waals surface area (Å²) in [5, 5.41) is 9.16. The summed E-state index contributed by atoms with van der Waals surface area (Å²) < 4.78 is 4.88. The quantitative estimate of drug-likeness (QED) is 0.322. The summed E-state index contributed by atoms with van der Waals surface area (Å²) >= 11 is 0. The van der Waals surface area contributed by atoms with Gasteiger partial charge in [0.25, 0.3) is 0 Å². The van der Waals surface area contributed by atoms with Crippen molar-refractivity contribution in [2.75, 3.05) is 7.11 Å². The molecule has 3 atom stereocenters. The van der Waals surface area contributed by atoms with Crippen molar-refractivity contribution in [3.63, 3.8) is 0 Å². The Balaban J connectivity index is 1.28. The fourth-order valence-electron chi connectivity index (χ4n) is 4.44. The van der Waals surface area contributed by atoms with Crippen molar-refractivity contribution in [3.05, 3.63) is 71.9 Å². The zero-order valence-corrected chi connectivity index (χ0v) is 20.1. The number of hydrogen-bond acceptors (Lipinski definition) is 5. The van der Waals surface area contributed by atoms with Gasteiger partial charge in [-0.1, -0.05) is 48.5 Å². The molecule has 0 bridgehead atoms. The lowest BCUT2D eigenvalue weighted by Crippen LogP contribution is -2.61. The number of H-pyrrole nitrogens is 1. The summed E-state index contributed by atoms with van der Waals surface area (Å²) in [6, 6.07) is 15.1. The fourth-order valence-corrected chi connectivity index (χ4v) is 4.44. The van der Waals surface area contributed by atoms with E-state index in [4.69, 9.17) is 4.74 Å². The number of fused-ring (bicyclic) bond motifs is 1. The smallest absolute Gasteiger partial charge is 0.328 e. The molecule has 1 saturated heterocycles. The van der Waals surface area contributed by atoms with Crippen LogP contribution in [0.4, 0.5) is 0 Å². The van der Waals surface area contributed by atoms with E-state index in [9.17, 15) is 19.2 Å². The molecule has 0 saturated carbocycles. The van der Waals surface area contributed by atoms with Crippen LogP contribution in [-0.4, -0.2) is 53.9 Å². The van der Waals surface area contributed by atoms with Gasteiger partial charge >= 0.3 is 5.97 Å². The Morgan fingerprint density at radius 1 is 0.944 bits per heavy atom. The second-order valence-electron chi connectivity index (χ2n) is 8.89. The molecule has 1 fully saturated rings. The SMILES string of the molecule is COC(=O)[C@@H](Cc1c[nH]c2ccccc12)NC(=O)CC[C@H]1NC(=O)[C@@H](CCc2ccccc2)NC1=O. The first-order chi connectivity index (χ1) is 17.4. The second kappa shape index (κ2) is 11.5. The van der Waals surface area contributed by atoms with Crippen molar-refractivity contribution in [2.45, 2.75) is 50.2 Å². The highest BCUT2D eigenvalue weighted by atomic mass is 16.5. The van der Waals surface area contributed by atoms with Crippen molar-refractivity contribution in [1.29, 1.82) is 0 Å². The Bertz CT molecular complexity index is 1240. The summed E-state index contributed by atoms with van der Waals surface area (Å²) in [7, 11) is 1.27. The number of benzene rings is 2. The average Bonchev–Trinajstić information content (AvgIpc) is 3.30. The van der Waals surface area contributed by atoms with Crippen molar-refractivity contribution in [1.82, 2.24) is 20.9 Å². The van der Waals surface area contributed by atoms with Crippen molar-refractivity contribution >= 4 is 34.6 Å². The molecule has 3 amide bonds. The summed E-state index contributed by atoms with van der Waals surface area (Å²) in [6.07, 6.45) is 3.31. The molecule has 188 valence electrons. The number of amides is 3. The molecule has 9 nitrogen and oxygen atoms in total. The fraction of sp³-hybridized carbons (Fsp3) is 0.333. The Morgan fingerprint density at radius 3 is 2.33 bits per heavy atom. The Labute approximate surface area is 209 Å². The highest BCUT2D eigenvalue weighted by Gasteiger charge is 2.33. The maximum Gasteiger partial charge on any atom is 0.328 e. The van der Waals surface area contributed by atoms with Crippen LogP contribution >= 0.6 is 0 Å². The van der Waals surface area contributed by atoms with Gasteiger partial charge in [-0.05, 0) is 36.5 Å². The van der Waals surface area contributed by atoms with E-state index in [1.54, 1.807) is 0 Å². The molecule has 0 spiro atoms. The predicted molar refractivity (Wildman–Crippen MR) is 134 cm³/mol. The first-order valence-electron chi connectivity index (χ1n) is 12.0. The van der Waals surface area contributed by atoms with E-state index >= 15 is 0 Å². The predicted octanol–water partition coefficient (Wildman–Crippen LogP) is 1.76. The molecule has 0 radical (unpaired) electrons. The van der Waals surface area contributed by atoms with Gasteiger partial charge in [0.2, 0.25) is 17.7 Å². The highest BCUT2D eigenvalue weighted by Crippen LogP contribution is 2.19.